The summed E-state index contributed by atoms with van der Waals surface area (Å²) in [5, 5.41) is 10.6. The van der Waals surface area contributed by atoms with E-state index in [0.29, 0.717) is 16.3 Å². The fourth-order valence-corrected chi connectivity index (χ4v) is 2.81. The standard InChI is InChI=1S/C9H12N2O5S2.Na/c10-8-3-2-7(11(12)13)6-9(8)17-4-1-5-18(14,15)16;/h2-3,6H,1,4-5,10H2,(H,14,15,16);/q;+1/p-1. The van der Waals surface area contributed by atoms with E-state index >= 15 is 0 Å². The number of hydrogen-bond donors (Lipinski definition) is 1. The second-order valence-corrected chi connectivity index (χ2v) is 6.10. The molecule has 0 unspecified atom stereocenters. The van der Waals surface area contributed by atoms with Gasteiger partial charge in [0, 0.05) is 28.5 Å². The second-order valence-electron chi connectivity index (χ2n) is 3.44. The third-order valence-electron chi connectivity index (χ3n) is 2.00. The van der Waals surface area contributed by atoms with Crippen LogP contribution in [0.1, 0.15) is 6.42 Å². The number of rotatable bonds is 6. The van der Waals surface area contributed by atoms with Gasteiger partial charge in [0.2, 0.25) is 0 Å². The van der Waals surface area contributed by atoms with Gasteiger partial charge in [-0.2, -0.15) is 0 Å². The minimum atomic E-state index is -4.21. The van der Waals surface area contributed by atoms with Crippen LogP contribution in [0, 0.1) is 10.1 Å². The van der Waals surface area contributed by atoms with Crippen LogP contribution in [0.2, 0.25) is 0 Å². The van der Waals surface area contributed by atoms with Gasteiger partial charge in [0.25, 0.3) is 5.69 Å². The molecule has 0 saturated carbocycles. The summed E-state index contributed by atoms with van der Waals surface area (Å²) in [6, 6.07) is 4.04. The first-order valence-corrected chi connectivity index (χ1v) is 7.46. The number of nitro benzene ring substituents is 1. The molecule has 0 aromatic heterocycles. The molecule has 0 heterocycles. The van der Waals surface area contributed by atoms with Crippen molar-refractivity contribution < 1.29 is 47.5 Å². The van der Waals surface area contributed by atoms with E-state index in [1.54, 1.807) is 0 Å². The molecule has 0 radical (unpaired) electrons. The number of nitrogens with two attached hydrogens (primary N) is 1. The number of anilines is 1. The zero-order chi connectivity index (χ0) is 13.8. The van der Waals surface area contributed by atoms with Gasteiger partial charge in [-0.1, -0.05) is 0 Å². The van der Waals surface area contributed by atoms with E-state index in [9.17, 15) is 23.1 Å². The van der Waals surface area contributed by atoms with E-state index in [1.807, 2.05) is 0 Å². The molecule has 7 nitrogen and oxygen atoms in total. The Hall–Kier alpha value is -0.320. The number of thioether (sulfide) groups is 1. The molecular weight excluding hydrogens is 303 g/mol. The van der Waals surface area contributed by atoms with E-state index in [2.05, 4.69) is 0 Å². The van der Waals surface area contributed by atoms with Gasteiger partial charge in [0.05, 0.1) is 15.0 Å². The molecule has 19 heavy (non-hydrogen) atoms. The Balaban J connectivity index is 0.00000324. The molecule has 1 rings (SSSR count). The molecule has 1 aromatic rings. The topological polar surface area (TPSA) is 126 Å². The zero-order valence-corrected chi connectivity index (χ0v) is 13.9. The summed E-state index contributed by atoms with van der Waals surface area (Å²) in [4.78, 5) is 10.5. The summed E-state index contributed by atoms with van der Waals surface area (Å²) in [6.45, 7) is 0. The van der Waals surface area contributed by atoms with Crippen molar-refractivity contribution in [3.8, 4) is 0 Å². The summed E-state index contributed by atoms with van der Waals surface area (Å²) in [7, 11) is -4.21. The molecule has 1 aromatic carbocycles. The molecule has 0 saturated heterocycles. The van der Waals surface area contributed by atoms with E-state index in [1.165, 1.54) is 30.0 Å². The fraction of sp³-hybridized carbons (Fsp3) is 0.333. The molecule has 0 aliphatic heterocycles. The van der Waals surface area contributed by atoms with Gasteiger partial charge < -0.3 is 10.3 Å². The van der Waals surface area contributed by atoms with Crippen molar-refractivity contribution in [1.82, 2.24) is 0 Å². The second kappa shape index (κ2) is 8.08. The molecule has 2 N–H and O–H groups in total. The first-order valence-electron chi connectivity index (χ1n) is 4.90. The number of non-ortho nitro benzene ring substituents is 1. The van der Waals surface area contributed by atoms with Crippen LogP contribution >= 0.6 is 11.8 Å². The number of nitro groups is 1. The summed E-state index contributed by atoms with van der Waals surface area (Å²) >= 11 is 1.19. The predicted molar refractivity (Wildman–Crippen MR) is 67.4 cm³/mol. The first-order chi connectivity index (χ1) is 8.29. The van der Waals surface area contributed by atoms with Gasteiger partial charge >= 0.3 is 29.6 Å². The van der Waals surface area contributed by atoms with Gasteiger partial charge in [-0.3, -0.25) is 10.1 Å². The monoisotopic (exact) mass is 314 g/mol. The van der Waals surface area contributed by atoms with Crippen LogP contribution in [0.3, 0.4) is 0 Å². The maximum atomic E-state index is 10.6. The van der Waals surface area contributed by atoms with Crippen molar-refractivity contribution in [2.24, 2.45) is 0 Å². The molecule has 0 bridgehead atoms. The van der Waals surface area contributed by atoms with E-state index in [4.69, 9.17) is 5.73 Å². The number of nitrogens with zero attached hydrogens (tertiary/aromatic N) is 1. The first kappa shape index (κ1) is 18.7. The number of benzene rings is 1. The quantitative estimate of drug-likeness (QED) is 0.125. The van der Waals surface area contributed by atoms with Gasteiger partial charge in [0.1, 0.15) is 0 Å². The summed E-state index contributed by atoms with van der Waals surface area (Å²) in [5.74, 6) is -0.0956. The molecule has 0 fully saturated rings. The largest absolute Gasteiger partial charge is 1.00 e. The Morgan fingerprint density at radius 2 is 2.00 bits per heavy atom. The van der Waals surface area contributed by atoms with Gasteiger partial charge in [-0.15, -0.1) is 11.8 Å². The molecular formula is C9H11N2NaO5S2. The summed E-state index contributed by atoms with van der Waals surface area (Å²) < 4.78 is 31.1. The SMILES string of the molecule is Nc1ccc([N+](=O)[O-])cc1SCCCS(=O)(=O)[O-].[Na+]. The third-order valence-corrected chi connectivity index (χ3v) is 3.95. The maximum absolute atomic E-state index is 10.6. The van der Waals surface area contributed by atoms with Crippen LogP contribution in [0.25, 0.3) is 0 Å². The van der Waals surface area contributed by atoms with Crippen molar-refractivity contribution in [3.05, 3.63) is 28.3 Å². The van der Waals surface area contributed by atoms with Gasteiger partial charge in [-0.25, -0.2) is 8.42 Å². The van der Waals surface area contributed by atoms with Crippen LogP contribution in [0.15, 0.2) is 23.1 Å². The molecule has 0 aliphatic carbocycles. The minimum absolute atomic E-state index is 0. The van der Waals surface area contributed by atoms with Crippen molar-refractivity contribution in [2.75, 3.05) is 17.2 Å². The molecule has 10 heteroatoms. The van der Waals surface area contributed by atoms with E-state index in [0.717, 1.165) is 0 Å². The zero-order valence-electron chi connectivity index (χ0n) is 10.2. The Bertz CT molecular complexity index is 550. The molecule has 100 valence electrons. The Morgan fingerprint density at radius 1 is 1.37 bits per heavy atom. The van der Waals surface area contributed by atoms with Crippen LogP contribution in [0.5, 0.6) is 0 Å². The average Bonchev–Trinajstić information content (AvgIpc) is 2.24. The molecule has 0 spiro atoms. The van der Waals surface area contributed by atoms with Crippen molar-refractivity contribution in [2.45, 2.75) is 11.3 Å². The van der Waals surface area contributed by atoms with Crippen LogP contribution < -0.4 is 35.3 Å². The van der Waals surface area contributed by atoms with Crippen molar-refractivity contribution in [3.63, 3.8) is 0 Å². The maximum Gasteiger partial charge on any atom is 1.00 e. The van der Waals surface area contributed by atoms with Gasteiger partial charge in [-0.05, 0) is 18.2 Å². The Labute approximate surface area is 137 Å². The van der Waals surface area contributed by atoms with Crippen LogP contribution in [-0.4, -0.2) is 29.4 Å². The van der Waals surface area contributed by atoms with E-state index < -0.39 is 20.8 Å². The van der Waals surface area contributed by atoms with E-state index in [-0.39, 0.29) is 41.7 Å². The Kier molecular flexibility index (Phi) is 7.94. The summed E-state index contributed by atoms with van der Waals surface area (Å²) in [5.41, 5.74) is 5.94. The van der Waals surface area contributed by atoms with Crippen molar-refractivity contribution in [1.29, 1.82) is 0 Å². The molecule has 0 aliphatic rings. The van der Waals surface area contributed by atoms with Crippen molar-refractivity contribution >= 4 is 33.3 Å². The fourth-order valence-electron chi connectivity index (χ4n) is 1.18. The smallest absolute Gasteiger partial charge is 0.748 e. The predicted octanol–water partition coefficient (Wildman–Crippen LogP) is -1.79. The molecule has 0 amide bonds. The summed E-state index contributed by atoms with van der Waals surface area (Å²) in [6.07, 6.45) is 0.179. The normalized spacial score (nSPS) is 10.8. The average molecular weight is 314 g/mol. The number of nitrogen functional groups attached to an aromatic ring is 1. The van der Waals surface area contributed by atoms with Gasteiger partial charge in [0.15, 0.2) is 0 Å². The van der Waals surface area contributed by atoms with Crippen LogP contribution in [0.4, 0.5) is 11.4 Å². The third kappa shape index (κ3) is 7.14. The number of hydrogen-bond acceptors (Lipinski definition) is 7. The Morgan fingerprint density at radius 3 is 2.53 bits per heavy atom. The molecule has 0 atom stereocenters. The van der Waals surface area contributed by atoms with Crippen LogP contribution in [-0.2, 0) is 10.1 Å². The minimum Gasteiger partial charge on any atom is -0.748 e.